The van der Waals surface area contributed by atoms with Crippen LogP contribution in [0.2, 0.25) is 5.02 Å². The summed E-state index contributed by atoms with van der Waals surface area (Å²) in [5.41, 5.74) is 1.26. The average Bonchev–Trinajstić information content (AvgIpc) is 2.86. The Morgan fingerprint density at radius 1 is 1.23 bits per heavy atom. The Morgan fingerprint density at radius 3 is 2.59 bits per heavy atom. The van der Waals surface area contributed by atoms with Crippen LogP contribution in [0.15, 0.2) is 53.8 Å². The predicted molar refractivity (Wildman–Crippen MR) is 85.1 cm³/mol. The highest BCUT2D eigenvalue weighted by Crippen LogP contribution is 2.40. The zero-order valence-electron chi connectivity index (χ0n) is 11.8. The van der Waals surface area contributed by atoms with E-state index in [0.29, 0.717) is 16.6 Å². The van der Waals surface area contributed by atoms with Gasteiger partial charge in [-0.1, -0.05) is 35.9 Å². The van der Waals surface area contributed by atoms with E-state index in [0.717, 1.165) is 5.56 Å². The van der Waals surface area contributed by atoms with Crippen LogP contribution >= 0.6 is 11.6 Å². The van der Waals surface area contributed by atoms with E-state index in [1.54, 1.807) is 36.3 Å². The molecule has 2 heterocycles. The number of hydrogen-bond donors (Lipinski definition) is 1. The maximum atomic E-state index is 11.7. The first-order chi connectivity index (χ1) is 10.6. The van der Waals surface area contributed by atoms with Crippen molar-refractivity contribution in [2.45, 2.75) is 13.0 Å². The number of pyridine rings is 1. The number of carboxylic acid groups (broad SMARTS) is 1. The molecule has 112 valence electrons. The standard InChI is InChI=1S/C16H14ClN3O2/c1-10-14(16(21)22)15(11-6-2-3-7-12(11)17)20(19-10)13-8-4-5-9-18-13/h2-9,14-15H,1H3,(H,21,22). The minimum absolute atomic E-state index is 0.513. The van der Waals surface area contributed by atoms with Crippen molar-refractivity contribution in [2.24, 2.45) is 11.0 Å². The van der Waals surface area contributed by atoms with Gasteiger partial charge in [0.25, 0.3) is 0 Å². The molecular weight excluding hydrogens is 302 g/mol. The van der Waals surface area contributed by atoms with Crippen LogP contribution < -0.4 is 5.01 Å². The van der Waals surface area contributed by atoms with Crippen molar-refractivity contribution >= 4 is 29.1 Å². The highest BCUT2D eigenvalue weighted by molar-refractivity contribution is 6.31. The van der Waals surface area contributed by atoms with E-state index in [4.69, 9.17) is 11.6 Å². The number of hydrazone groups is 1. The summed E-state index contributed by atoms with van der Waals surface area (Å²) in [5, 5.41) is 16.2. The lowest BCUT2D eigenvalue weighted by atomic mass is 9.90. The number of aliphatic carboxylic acids is 1. The van der Waals surface area contributed by atoms with E-state index in [9.17, 15) is 9.90 Å². The van der Waals surface area contributed by atoms with Crippen molar-refractivity contribution in [1.82, 2.24) is 4.98 Å². The maximum absolute atomic E-state index is 11.7. The molecule has 0 spiro atoms. The van der Waals surface area contributed by atoms with Crippen LogP contribution in [0.4, 0.5) is 5.82 Å². The molecule has 2 aromatic rings. The molecule has 1 aromatic carbocycles. The molecule has 1 N–H and O–H groups in total. The van der Waals surface area contributed by atoms with Gasteiger partial charge < -0.3 is 5.11 Å². The Labute approximate surface area is 132 Å². The third-order valence-corrected chi connectivity index (χ3v) is 4.01. The molecule has 0 bridgehead atoms. The fraction of sp³-hybridized carbons (Fsp3) is 0.188. The molecule has 0 saturated carbocycles. The van der Waals surface area contributed by atoms with Gasteiger partial charge in [0.2, 0.25) is 0 Å². The van der Waals surface area contributed by atoms with Crippen molar-refractivity contribution in [3.63, 3.8) is 0 Å². The van der Waals surface area contributed by atoms with E-state index in [1.165, 1.54) is 0 Å². The summed E-state index contributed by atoms with van der Waals surface area (Å²) in [4.78, 5) is 16.0. The first-order valence-electron chi connectivity index (χ1n) is 6.82. The average molecular weight is 316 g/mol. The van der Waals surface area contributed by atoms with Crippen LogP contribution in [0.3, 0.4) is 0 Å². The van der Waals surface area contributed by atoms with Crippen molar-refractivity contribution < 1.29 is 9.90 Å². The Balaban J connectivity index is 2.13. The molecule has 0 aliphatic carbocycles. The lowest BCUT2D eigenvalue weighted by Gasteiger charge is -2.26. The summed E-state index contributed by atoms with van der Waals surface area (Å²) in [7, 11) is 0. The largest absolute Gasteiger partial charge is 0.481 e. The smallest absolute Gasteiger partial charge is 0.314 e. The van der Waals surface area contributed by atoms with Crippen LogP contribution in [0.1, 0.15) is 18.5 Å². The molecule has 2 unspecified atom stereocenters. The number of benzene rings is 1. The van der Waals surface area contributed by atoms with Crippen molar-refractivity contribution in [3.05, 3.63) is 59.2 Å². The first kappa shape index (κ1) is 14.5. The molecule has 22 heavy (non-hydrogen) atoms. The second-order valence-electron chi connectivity index (χ2n) is 5.06. The zero-order valence-corrected chi connectivity index (χ0v) is 12.6. The zero-order chi connectivity index (χ0) is 15.7. The minimum Gasteiger partial charge on any atom is -0.481 e. The summed E-state index contributed by atoms with van der Waals surface area (Å²) in [6.07, 6.45) is 1.65. The second-order valence-corrected chi connectivity index (χ2v) is 5.46. The van der Waals surface area contributed by atoms with Gasteiger partial charge in [-0.25, -0.2) is 9.99 Å². The predicted octanol–water partition coefficient (Wildman–Crippen LogP) is 3.37. The molecule has 0 radical (unpaired) electrons. The molecule has 1 aliphatic heterocycles. The van der Waals surface area contributed by atoms with Crippen LogP contribution in [-0.2, 0) is 4.79 Å². The number of hydrogen-bond acceptors (Lipinski definition) is 4. The molecular formula is C16H14ClN3O2. The molecule has 0 saturated heterocycles. The van der Waals surface area contributed by atoms with Gasteiger partial charge in [-0.3, -0.25) is 4.79 Å². The Kier molecular flexibility index (Phi) is 3.81. The molecule has 0 fully saturated rings. The van der Waals surface area contributed by atoms with E-state index in [-0.39, 0.29) is 0 Å². The highest BCUT2D eigenvalue weighted by atomic mass is 35.5. The van der Waals surface area contributed by atoms with Gasteiger partial charge in [0.1, 0.15) is 11.7 Å². The van der Waals surface area contributed by atoms with Gasteiger partial charge in [0.15, 0.2) is 0 Å². The van der Waals surface area contributed by atoms with Crippen LogP contribution in [0.5, 0.6) is 0 Å². The van der Waals surface area contributed by atoms with Crippen LogP contribution in [-0.4, -0.2) is 21.8 Å². The molecule has 3 rings (SSSR count). The summed E-state index contributed by atoms with van der Waals surface area (Å²) in [5.74, 6) is -1.10. The van der Waals surface area contributed by atoms with E-state index in [2.05, 4.69) is 10.1 Å². The van der Waals surface area contributed by atoms with Gasteiger partial charge in [0, 0.05) is 11.2 Å². The molecule has 5 nitrogen and oxygen atoms in total. The Bertz CT molecular complexity index is 733. The number of rotatable bonds is 3. The Hall–Kier alpha value is -2.40. The van der Waals surface area contributed by atoms with Crippen LogP contribution in [0.25, 0.3) is 0 Å². The summed E-state index contributed by atoms with van der Waals surface area (Å²) in [6.45, 7) is 1.71. The number of anilines is 1. The topological polar surface area (TPSA) is 65.8 Å². The lowest BCUT2D eigenvalue weighted by molar-refractivity contribution is -0.139. The fourth-order valence-electron chi connectivity index (χ4n) is 2.69. The molecule has 1 aromatic heterocycles. The van der Waals surface area contributed by atoms with Crippen molar-refractivity contribution in [2.75, 3.05) is 5.01 Å². The number of carbonyl (C=O) groups is 1. The van der Waals surface area contributed by atoms with E-state index >= 15 is 0 Å². The summed E-state index contributed by atoms with van der Waals surface area (Å²) in [6, 6.07) is 12.2. The third kappa shape index (κ3) is 2.44. The first-order valence-corrected chi connectivity index (χ1v) is 7.20. The number of aromatic nitrogens is 1. The summed E-state index contributed by atoms with van der Waals surface area (Å²) < 4.78 is 0. The van der Waals surface area contributed by atoms with Crippen LogP contribution in [0, 0.1) is 5.92 Å². The number of nitrogens with zero attached hydrogens (tertiary/aromatic N) is 3. The molecule has 2 atom stereocenters. The quantitative estimate of drug-likeness (QED) is 0.943. The Morgan fingerprint density at radius 2 is 1.95 bits per heavy atom. The monoisotopic (exact) mass is 315 g/mol. The van der Waals surface area contributed by atoms with Gasteiger partial charge in [-0.2, -0.15) is 5.10 Å². The van der Waals surface area contributed by atoms with E-state index < -0.39 is 17.9 Å². The van der Waals surface area contributed by atoms with Crippen molar-refractivity contribution in [1.29, 1.82) is 0 Å². The second kappa shape index (κ2) is 5.77. The lowest BCUT2D eigenvalue weighted by Crippen LogP contribution is -2.31. The minimum atomic E-state index is -0.926. The third-order valence-electron chi connectivity index (χ3n) is 3.67. The van der Waals surface area contributed by atoms with Gasteiger partial charge in [-0.05, 0) is 30.7 Å². The van der Waals surface area contributed by atoms with E-state index in [1.807, 2.05) is 24.3 Å². The summed E-state index contributed by atoms with van der Waals surface area (Å²) >= 11 is 6.28. The fourth-order valence-corrected chi connectivity index (χ4v) is 2.93. The number of carboxylic acids is 1. The van der Waals surface area contributed by atoms with Gasteiger partial charge in [0.05, 0.1) is 11.8 Å². The molecule has 6 heteroatoms. The van der Waals surface area contributed by atoms with Gasteiger partial charge in [-0.15, -0.1) is 0 Å². The molecule has 0 amide bonds. The molecule has 1 aliphatic rings. The highest BCUT2D eigenvalue weighted by Gasteiger charge is 2.43. The SMILES string of the molecule is CC1=NN(c2ccccn2)C(c2ccccc2Cl)C1C(=O)O. The number of halogens is 1. The normalized spacial score (nSPS) is 20.8. The van der Waals surface area contributed by atoms with Gasteiger partial charge >= 0.3 is 5.97 Å². The maximum Gasteiger partial charge on any atom is 0.314 e. The van der Waals surface area contributed by atoms with Crippen molar-refractivity contribution in [3.8, 4) is 0 Å².